The summed E-state index contributed by atoms with van der Waals surface area (Å²) in [4.78, 5) is 7.16. The molecule has 0 bridgehead atoms. The van der Waals surface area contributed by atoms with Crippen LogP contribution in [-0.2, 0) is 11.2 Å². The lowest BCUT2D eigenvalue weighted by Crippen LogP contribution is -2.41. The van der Waals surface area contributed by atoms with E-state index < -0.39 is 0 Å². The van der Waals surface area contributed by atoms with E-state index in [9.17, 15) is 0 Å². The summed E-state index contributed by atoms with van der Waals surface area (Å²) in [5, 5.41) is 3.41. The second-order valence-corrected chi connectivity index (χ2v) is 6.30. The first-order valence-corrected chi connectivity index (χ1v) is 8.57. The second-order valence-electron chi connectivity index (χ2n) is 6.30. The molecule has 0 aliphatic carbocycles. The van der Waals surface area contributed by atoms with Gasteiger partial charge in [-0.25, -0.2) is 4.99 Å². The van der Waals surface area contributed by atoms with Crippen LogP contribution in [0.4, 0.5) is 0 Å². The Hall–Kier alpha value is -1.02. The number of rotatable bonds is 5. The zero-order valence-electron chi connectivity index (χ0n) is 14.5. The predicted octanol–water partition coefficient (Wildman–Crippen LogP) is 2.54. The van der Waals surface area contributed by atoms with Crippen molar-refractivity contribution >= 4 is 29.9 Å². The van der Waals surface area contributed by atoms with Gasteiger partial charge in [-0.3, -0.25) is 0 Å². The quantitative estimate of drug-likeness (QED) is 0.430. The summed E-state index contributed by atoms with van der Waals surface area (Å²) in [6.07, 6.45) is 2.27. The predicted molar refractivity (Wildman–Crippen MR) is 108 cm³/mol. The summed E-state index contributed by atoms with van der Waals surface area (Å²) < 4.78 is 11.3. The molecule has 2 unspecified atom stereocenters. The van der Waals surface area contributed by atoms with Crippen LogP contribution in [-0.4, -0.2) is 56.9 Å². The van der Waals surface area contributed by atoms with Crippen LogP contribution in [0.3, 0.4) is 0 Å². The number of benzene rings is 1. The fourth-order valence-electron chi connectivity index (χ4n) is 3.37. The Bertz CT molecular complexity index is 528. The highest BCUT2D eigenvalue weighted by Crippen LogP contribution is 2.28. The van der Waals surface area contributed by atoms with Crippen LogP contribution in [0.1, 0.15) is 18.9 Å². The average Bonchev–Trinajstić information content (AvgIpc) is 3.18. The first-order valence-electron chi connectivity index (χ1n) is 8.57. The van der Waals surface area contributed by atoms with Gasteiger partial charge in [0.2, 0.25) is 0 Å². The molecular formula is C18H28IN3O2. The van der Waals surface area contributed by atoms with Gasteiger partial charge < -0.3 is 19.7 Å². The number of guanidine groups is 1. The van der Waals surface area contributed by atoms with Crippen molar-refractivity contribution in [2.24, 2.45) is 10.9 Å². The van der Waals surface area contributed by atoms with Gasteiger partial charge in [-0.15, -0.1) is 24.0 Å². The molecule has 3 rings (SSSR count). The summed E-state index contributed by atoms with van der Waals surface area (Å²) in [5.41, 5.74) is 1.29. The van der Waals surface area contributed by atoms with Crippen molar-refractivity contribution in [1.29, 1.82) is 0 Å². The lowest BCUT2D eigenvalue weighted by molar-refractivity contribution is 0.157. The molecule has 1 aromatic rings. The summed E-state index contributed by atoms with van der Waals surface area (Å²) >= 11 is 0. The molecule has 2 heterocycles. The number of nitrogens with one attached hydrogen (secondary N) is 1. The third-order valence-corrected chi connectivity index (χ3v) is 4.48. The Kier molecular flexibility index (Phi) is 7.61. The normalized spacial score (nSPS) is 22.8. The van der Waals surface area contributed by atoms with Crippen LogP contribution in [0.25, 0.3) is 0 Å². The van der Waals surface area contributed by atoms with Crippen LogP contribution < -0.4 is 10.1 Å². The second kappa shape index (κ2) is 9.46. The number of hydrogen-bond acceptors (Lipinski definition) is 3. The fraction of sp³-hybridized carbons (Fsp3) is 0.611. The Morgan fingerprint density at radius 1 is 1.42 bits per heavy atom. The van der Waals surface area contributed by atoms with Crippen molar-refractivity contribution < 1.29 is 9.47 Å². The number of para-hydroxylation sites is 1. The van der Waals surface area contributed by atoms with Gasteiger partial charge >= 0.3 is 0 Å². The minimum atomic E-state index is 0. The zero-order valence-corrected chi connectivity index (χ0v) is 16.9. The lowest BCUT2D eigenvalue weighted by atomic mass is 10.1. The molecule has 5 nitrogen and oxygen atoms in total. The number of hydrogen-bond donors (Lipinski definition) is 1. The van der Waals surface area contributed by atoms with E-state index in [0.29, 0.717) is 12.5 Å². The molecule has 2 aliphatic heterocycles. The highest BCUT2D eigenvalue weighted by Gasteiger charge is 2.26. The molecule has 0 radical (unpaired) electrons. The minimum Gasteiger partial charge on any atom is -0.488 e. The van der Waals surface area contributed by atoms with Crippen LogP contribution in [0.5, 0.6) is 5.75 Å². The van der Waals surface area contributed by atoms with E-state index >= 15 is 0 Å². The van der Waals surface area contributed by atoms with Crippen LogP contribution in [0.2, 0.25) is 0 Å². The molecule has 6 heteroatoms. The number of halogens is 1. The summed E-state index contributed by atoms with van der Waals surface area (Å²) in [5.74, 6) is 2.63. The van der Waals surface area contributed by atoms with E-state index in [-0.39, 0.29) is 30.1 Å². The molecule has 0 saturated carbocycles. The van der Waals surface area contributed by atoms with E-state index in [1.165, 1.54) is 12.0 Å². The topological polar surface area (TPSA) is 46.1 Å². The van der Waals surface area contributed by atoms with Crippen molar-refractivity contribution in [3.63, 3.8) is 0 Å². The van der Waals surface area contributed by atoms with Crippen molar-refractivity contribution in [3.05, 3.63) is 29.8 Å². The summed E-state index contributed by atoms with van der Waals surface area (Å²) in [6, 6.07) is 8.27. The van der Waals surface area contributed by atoms with E-state index in [4.69, 9.17) is 14.5 Å². The van der Waals surface area contributed by atoms with E-state index in [0.717, 1.165) is 44.4 Å². The van der Waals surface area contributed by atoms with Crippen molar-refractivity contribution in [1.82, 2.24) is 10.2 Å². The number of nitrogens with zero attached hydrogens (tertiary/aromatic N) is 2. The van der Waals surface area contributed by atoms with Crippen LogP contribution in [0.15, 0.2) is 29.3 Å². The number of aliphatic imine (C=N–C) groups is 1. The Labute approximate surface area is 161 Å². The highest BCUT2D eigenvalue weighted by atomic mass is 127. The molecule has 24 heavy (non-hydrogen) atoms. The van der Waals surface area contributed by atoms with Crippen molar-refractivity contribution in [2.45, 2.75) is 25.9 Å². The van der Waals surface area contributed by atoms with Gasteiger partial charge in [0, 0.05) is 39.1 Å². The maximum atomic E-state index is 5.98. The molecular weight excluding hydrogens is 417 g/mol. The maximum Gasteiger partial charge on any atom is 0.194 e. The molecule has 1 N–H and O–H groups in total. The largest absolute Gasteiger partial charge is 0.488 e. The van der Waals surface area contributed by atoms with Gasteiger partial charge in [0.05, 0.1) is 13.2 Å². The third-order valence-electron chi connectivity index (χ3n) is 4.48. The lowest BCUT2D eigenvalue weighted by Gasteiger charge is -2.22. The number of fused-ring (bicyclic) bond motifs is 1. The van der Waals surface area contributed by atoms with E-state index in [1.54, 1.807) is 7.11 Å². The van der Waals surface area contributed by atoms with Gasteiger partial charge in [0.25, 0.3) is 0 Å². The minimum absolute atomic E-state index is 0. The molecule has 1 saturated heterocycles. The van der Waals surface area contributed by atoms with Crippen molar-refractivity contribution in [3.8, 4) is 5.75 Å². The molecule has 2 atom stereocenters. The smallest absolute Gasteiger partial charge is 0.194 e. The monoisotopic (exact) mass is 445 g/mol. The van der Waals surface area contributed by atoms with Gasteiger partial charge in [-0.2, -0.15) is 0 Å². The van der Waals surface area contributed by atoms with Gasteiger partial charge in [0.1, 0.15) is 11.9 Å². The maximum absolute atomic E-state index is 5.98. The molecule has 0 aromatic heterocycles. The number of methoxy groups -OCH3 is 1. The standard InChI is InChI=1S/C18H27N3O2.HI/c1-3-19-18(21-9-8-14(12-21)13-22-2)20-11-16-10-15-6-4-5-7-17(15)23-16;/h4-7,14,16H,3,8-13H2,1-2H3,(H,19,20);1H. The molecule has 1 aromatic carbocycles. The average molecular weight is 445 g/mol. The van der Waals surface area contributed by atoms with Crippen LogP contribution >= 0.6 is 24.0 Å². The summed E-state index contributed by atoms with van der Waals surface area (Å²) in [6.45, 7) is 6.59. The molecule has 2 aliphatic rings. The first kappa shape index (κ1) is 19.3. The Morgan fingerprint density at radius 3 is 3.00 bits per heavy atom. The van der Waals surface area contributed by atoms with Gasteiger partial charge in [0.15, 0.2) is 5.96 Å². The van der Waals surface area contributed by atoms with Gasteiger partial charge in [-0.05, 0) is 25.0 Å². The SMILES string of the molecule is CCNC(=NCC1Cc2ccccc2O1)N1CCC(COC)C1.I. The Balaban J connectivity index is 0.00000208. The van der Waals surface area contributed by atoms with E-state index in [1.807, 2.05) is 12.1 Å². The first-order chi connectivity index (χ1) is 11.3. The molecule has 0 amide bonds. The highest BCUT2D eigenvalue weighted by molar-refractivity contribution is 14.0. The third kappa shape index (κ3) is 4.75. The zero-order chi connectivity index (χ0) is 16.1. The van der Waals surface area contributed by atoms with E-state index in [2.05, 4.69) is 29.3 Å². The molecule has 1 fully saturated rings. The molecule has 0 spiro atoms. The number of ether oxygens (including phenoxy) is 2. The molecule has 134 valence electrons. The number of likely N-dealkylation sites (tertiary alicyclic amines) is 1. The Morgan fingerprint density at radius 2 is 2.25 bits per heavy atom. The summed E-state index contributed by atoms with van der Waals surface area (Å²) in [7, 11) is 1.77. The van der Waals surface area contributed by atoms with Crippen LogP contribution in [0, 0.1) is 5.92 Å². The van der Waals surface area contributed by atoms with Crippen molar-refractivity contribution in [2.75, 3.05) is 39.9 Å². The fourth-order valence-corrected chi connectivity index (χ4v) is 3.37. The van der Waals surface area contributed by atoms with Gasteiger partial charge in [-0.1, -0.05) is 18.2 Å².